The summed E-state index contributed by atoms with van der Waals surface area (Å²) in [5, 5.41) is 25.3. The number of phosphoric acid groups is 1. The van der Waals surface area contributed by atoms with Crippen LogP contribution in [0.25, 0.3) is 5.52 Å². The summed E-state index contributed by atoms with van der Waals surface area (Å²) in [6.07, 6.45) is -2.67. The molecule has 3 aromatic rings. The van der Waals surface area contributed by atoms with E-state index in [9.17, 15) is 14.8 Å². The van der Waals surface area contributed by atoms with Crippen LogP contribution in [0.2, 0.25) is 0 Å². The van der Waals surface area contributed by atoms with Crippen LogP contribution in [0.1, 0.15) is 11.3 Å². The predicted octanol–water partition coefficient (Wildman–Crippen LogP) is 1.08. The van der Waals surface area contributed by atoms with Crippen molar-refractivity contribution in [1.29, 1.82) is 0 Å². The Morgan fingerprint density at radius 3 is 2.89 bits per heavy atom. The lowest BCUT2D eigenvalue weighted by Gasteiger charge is -2.32. The molecule has 1 aromatic carbocycles. The van der Waals surface area contributed by atoms with Crippen molar-refractivity contribution in [1.82, 2.24) is 14.6 Å². The molecular formula is C23H28N5O8P. The van der Waals surface area contributed by atoms with Crippen LogP contribution in [0, 0.1) is 0 Å². The van der Waals surface area contributed by atoms with Gasteiger partial charge >= 0.3 is 7.82 Å². The van der Waals surface area contributed by atoms with Crippen molar-refractivity contribution in [2.45, 2.75) is 36.6 Å². The Morgan fingerprint density at radius 1 is 1.32 bits per heavy atom. The number of benzene rings is 1. The Hall–Kier alpha value is -2.74. The molecule has 0 aliphatic carbocycles. The number of rotatable bonds is 10. The first-order chi connectivity index (χ1) is 17.9. The minimum absolute atomic E-state index is 0.0500. The second-order valence-electron chi connectivity index (χ2n) is 8.74. The Balaban J connectivity index is 1.30. The summed E-state index contributed by atoms with van der Waals surface area (Å²) in [6.45, 7) is 2.94. The maximum absolute atomic E-state index is 13.3. The molecule has 0 saturated carbocycles. The third-order valence-corrected chi connectivity index (χ3v) is 7.81. The number of fused-ring (bicyclic) bond motifs is 2. The Kier molecular flexibility index (Phi) is 7.39. The van der Waals surface area contributed by atoms with E-state index in [2.05, 4.69) is 21.8 Å². The molecule has 4 N–H and O–H groups in total. The molecule has 2 aliphatic heterocycles. The second kappa shape index (κ2) is 10.6. The summed E-state index contributed by atoms with van der Waals surface area (Å²) in [4.78, 5) is 7.95. The molecule has 3 unspecified atom stereocenters. The van der Waals surface area contributed by atoms with Gasteiger partial charge in [-0.1, -0.05) is 30.3 Å². The molecule has 0 spiro atoms. The van der Waals surface area contributed by atoms with Gasteiger partial charge in [-0.3, -0.25) is 18.6 Å². The van der Waals surface area contributed by atoms with Crippen molar-refractivity contribution in [2.24, 2.45) is 4.99 Å². The van der Waals surface area contributed by atoms with Gasteiger partial charge < -0.3 is 25.4 Å². The number of phosphoric ester groups is 1. The van der Waals surface area contributed by atoms with E-state index < -0.39 is 37.8 Å². The van der Waals surface area contributed by atoms with E-state index in [-0.39, 0.29) is 38.8 Å². The molecule has 2 fully saturated rings. The Bertz CT molecular complexity index is 1290. The topological polar surface area (TPSA) is 172 Å². The lowest BCUT2D eigenvalue weighted by molar-refractivity contribution is -0.101. The summed E-state index contributed by atoms with van der Waals surface area (Å²) >= 11 is 0. The van der Waals surface area contributed by atoms with Crippen molar-refractivity contribution in [3.8, 4) is 0 Å². The van der Waals surface area contributed by atoms with Gasteiger partial charge in [-0.2, -0.15) is 5.10 Å². The molecule has 198 valence electrons. The highest BCUT2D eigenvalue weighted by atomic mass is 31.2. The Morgan fingerprint density at radius 2 is 2.14 bits per heavy atom. The number of aliphatic imine (C=N–C) groups is 1. The van der Waals surface area contributed by atoms with Crippen molar-refractivity contribution in [3.05, 3.63) is 60.0 Å². The van der Waals surface area contributed by atoms with E-state index in [0.29, 0.717) is 11.2 Å². The third-order valence-electron chi connectivity index (χ3n) is 6.38. The standard InChI is InChI=1S/C23H28N5O8P/c1-25-13-23(19-8-7-17-22(24)26-14-27-28(17)19)21(30)20-18(35-23)12-34-37(31,36-20)33-11-16(9-29)32-10-15-5-3-2-4-6-15/h2-8,14,16,18,20-21,29-30H,1,9-13H2,(H2,24,26,27)/t16-,18-,20?,21?,23+,37?/m1/s1. The second-order valence-corrected chi connectivity index (χ2v) is 10.4. The van der Waals surface area contributed by atoms with E-state index in [4.69, 9.17) is 28.8 Å². The van der Waals surface area contributed by atoms with Crippen molar-refractivity contribution in [3.63, 3.8) is 0 Å². The molecule has 0 bridgehead atoms. The average molecular weight is 533 g/mol. The summed E-state index contributed by atoms with van der Waals surface area (Å²) < 4.78 is 43.2. The summed E-state index contributed by atoms with van der Waals surface area (Å²) in [6, 6.07) is 12.8. The number of hydrogen-bond donors (Lipinski definition) is 3. The van der Waals surface area contributed by atoms with Crippen LogP contribution in [0.3, 0.4) is 0 Å². The van der Waals surface area contributed by atoms with Gasteiger partial charge in [0.05, 0.1) is 38.7 Å². The molecule has 0 radical (unpaired) electrons. The molecule has 5 rings (SSSR count). The van der Waals surface area contributed by atoms with Crippen LogP contribution in [-0.4, -0.2) is 82.3 Å². The zero-order valence-corrected chi connectivity index (χ0v) is 20.7. The van der Waals surface area contributed by atoms with Crippen molar-refractivity contribution >= 4 is 25.9 Å². The average Bonchev–Trinajstić information content (AvgIpc) is 3.46. The normalized spacial score (nSPS) is 30.3. The van der Waals surface area contributed by atoms with Crippen LogP contribution < -0.4 is 5.73 Å². The maximum Gasteiger partial charge on any atom is 0.475 e. The number of nitrogens with zero attached hydrogens (tertiary/aromatic N) is 4. The first-order valence-corrected chi connectivity index (χ1v) is 13.1. The van der Waals surface area contributed by atoms with Crippen molar-refractivity contribution < 1.29 is 37.8 Å². The SMILES string of the molecule is C=NC[C@@]1(c2ccc3c(N)ncnn23)O[C@@H]2COP(=O)(OC[C@@H](CO)OCc3ccccc3)OC2C1O. The quantitative estimate of drug-likeness (QED) is 0.251. The first kappa shape index (κ1) is 25.9. The summed E-state index contributed by atoms with van der Waals surface area (Å²) in [7, 11) is -4.12. The van der Waals surface area contributed by atoms with Crippen LogP contribution in [-0.2, 0) is 39.8 Å². The van der Waals surface area contributed by atoms with Crippen LogP contribution in [0.15, 0.2) is 53.8 Å². The molecule has 2 saturated heterocycles. The van der Waals surface area contributed by atoms with Crippen molar-refractivity contribution in [2.75, 3.05) is 32.1 Å². The molecule has 2 aromatic heterocycles. The van der Waals surface area contributed by atoms with Gasteiger partial charge in [0.15, 0.2) is 11.4 Å². The van der Waals surface area contributed by atoms with Crippen LogP contribution >= 0.6 is 7.82 Å². The van der Waals surface area contributed by atoms with Gasteiger partial charge in [0.2, 0.25) is 0 Å². The highest BCUT2D eigenvalue weighted by molar-refractivity contribution is 7.48. The van der Waals surface area contributed by atoms with Gasteiger partial charge in [0.1, 0.15) is 36.3 Å². The first-order valence-electron chi connectivity index (χ1n) is 11.6. The highest BCUT2D eigenvalue weighted by Crippen LogP contribution is 2.58. The molecule has 14 heteroatoms. The van der Waals surface area contributed by atoms with E-state index in [0.717, 1.165) is 5.56 Å². The number of hydrogen-bond acceptors (Lipinski definition) is 12. The number of anilines is 1. The van der Waals surface area contributed by atoms with E-state index in [1.807, 2.05) is 30.3 Å². The number of ether oxygens (including phenoxy) is 2. The lowest BCUT2D eigenvalue weighted by Crippen LogP contribution is -2.45. The smallest absolute Gasteiger partial charge is 0.394 e. The van der Waals surface area contributed by atoms with Gasteiger partial charge in [0, 0.05) is 0 Å². The summed E-state index contributed by atoms with van der Waals surface area (Å²) in [5.74, 6) is 0.248. The van der Waals surface area contributed by atoms with Gasteiger partial charge in [-0.15, -0.1) is 0 Å². The molecular weight excluding hydrogens is 505 g/mol. The molecule has 4 heterocycles. The molecule has 13 nitrogen and oxygen atoms in total. The highest BCUT2D eigenvalue weighted by Gasteiger charge is 2.61. The van der Waals surface area contributed by atoms with Crippen LogP contribution in [0.4, 0.5) is 5.82 Å². The van der Waals surface area contributed by atoms with Crippen LogP contribution in [0.5, 0.6) is 0 Å². The monoisotopic (exact) mass is 533 g/mol. The fourth-order valence-corrected chi connectivity index (χ4v) is 5.94. The van der Waals surface area contributed by atoms with Gasteiger partial charge in [-0.25, -0.2) is 14.1 Å². The van der Waals surface area contributed by atoms with E-state index in [1.54, 1.807) is 12.1 Å². The third kappa shape index (κ3) is 4.92. The predicted molar refractivity (Wildman–Crippen MR) is 131 cm³/mol. The van der Waals surface area contributed by atoms with E-state index in [1.165, 1.54) is 10.8 Å². The number of aliphatic hydroxyl groups is 2. The number of aromatic nitrogens is 3. The van der Waals surface area contributed by atoms with E-state index >= 15 is 0 Å². The fourth-order valence-electron chi connectivity index (χ4n) is 4.52. The van der Waals surface area contributed by atoms with Gasteiger partial charge in [0.25, 0.3) is 0 Å². The zero-order valence-electron chi connectivity index (χ0n) is 19.8. The Labute approximate surface area is 212 Å². The fraction of sp³-hybridized carbons (Fsp3) is 0.435. The molecule has 37 heavy (non-hydrogen) atoms. The number of nitrogens with two attached hydrogens (primary N) is 1. The van der Waals surface area contributed by atoms with Gasteiger partial charge in [-0.05, 0) is 24.4 Å². The zero-order chi connectivity index (χ0) is 26.0. The largest absolute Gasteiger partial charge is 0.475 e. The number of aliphatic hydroxyl groups excluding tert-OH is 2. The maximum atomic E-state index is 13.3. The molecule has 6 atom stereocenters. The number of nitrogen functional groups attached to an aromatic ring is 1. The summed E-state index contributed by atoms with van der Waals surface area (Å²) in [5.41, 5.74) is 6.39. The molecule has 2 aliphatic rings. The lowest BCUT2D eigenvalue weighted by atomic mass is 9.91. The minimum Gasteiger partial charge on any atom is -0.394 e. The minimum atomic E-state index is -4.12. The molecule has 0 amide bonds.